The van der Waals surface area contributed by atoms with E-state index in [1.165, 1.54) is 25.1 Å². The highest BCUT2D eigenvalue weighted by Gasteiger charge is 2.34. The van der Waals surface area contributed by atoms with Crippen molar-refractivity contribution in [2.75, 3.05) is 0 Å². The van der Waals surface area contributed by atoms with Crippen molar-refractivity contribution in [2.45, 2.75) is 27.1 Å². The third-order valence-electron chi connectivity index (χ3n) is 1.57. The van der Waals surface area contributed by atoms with Crippen molar-refractivity contribution >= 4 is 5.97 Å². The molecule has 0 aliphatic carbocycles. The van der Waals surface area contributed by atoms with Gasteiger partial charge in [-0.3, -0.25) is 0 Å². The molecule has 0 spiro atoms. The van der Waals surface area contributed by atoms with Gasteiger partial charge in [-0.2, -0.15) is 0 Å². The van der Waals surface area contributed by atoms with Crippen LogP contribution in [0.15, 0.2) is 24.3 Å². The van der Waals surface area contributed by atoms with Crippen LogP contribution >= 0.6 is 0 Å². The fourth-order valence-electron chi connectivity index (χ4n) is 0.962. The number of carbonyl (C=O) groups is 1. The molecule has 0 saturated heterocycles. The summed E-state index contributed by atoms with van der Waals surface area (Å²) in [6.45, 7) is 5.53. The summed E-state index contributed by atoms with van der Waals surface area (Å²) in [5.41, 5.74) is 0.367. The molecule has 0 aromatic heterocycles. The average Bonchev–Trinajstić information content (AvgIpc) is 2.18. The molecule has 0 fully saturated rings. The van der Waals surface area contributed by atoms with Gasteiger partial charge in [-0.15, -0.1) is 13.2 Å². The van der Waals surface area contributed by atoms with Gasteiger partial charge in [-0.05, 0) is 18.6 Å². The normalized spacial score (nSPS) is 10.1. The lowest BCUT2D eigenvalue weighted by Crippen LogP contribution is -2.19. The van der Waals surface area contributed by atoms with Gasteiger partial charge in [-0.1, -0.05) is 32.0 Å². The molecule has 0 bridgehead atoms. The lowest BCUT2D eigenvalue weighted by Gasteiger charge is -2.08. The Bertz CT molecular complexity index is 345. The molecule has 2 nitrogen and oxygen atoms in total. The van der Waals surface area contributed by atoms with Gasteiger partial charge in [0, 0.05) is 0 Å². The summed E-state index contributed by atoms with van der Waals surface area (Å²) in [5, 5.41) is 0. The molecule has 1 rings (SSSR count). The van der Waals surface area contributed by atoms with Crippen LogP contribution in [-0.2, 0) is 4.74 Å². The Balaban J connectivity index is 0.00000106. The van der Waals surface area contributed by atoms with E-state index in [2.05, 4.69) is 4.74 Å². The number of hydrogen-bond donors (Lipinski definition) is 0. The Hall–Kier alpha value is -1.52. The van der Waals surface area contributed by atoms with Crippen LogP contribution in [0, 0.1) is 6.92 Å². The van der Waals surface area contributed by atoms with E-state index in [1.54, 1.807) is 6.07 Å². The van der Waals surface area contributed by atoms with Crippen LogP contribution in [0.3, 0.4) is 0 Å². The second kappa shape index (κ2) is 6.15. The van der Waals surface area contributed by atoms with Crippen molar-refractivity contribution in [1.82, 2.24) is 0 Å². The highest BCUT2D eigenvalue weighted by atomic mass is 19.4. The molecule has 1 aromatic carbocycles. The standard InChI is InChI=1S/C9H7F3O2.C2H6/c1-6-4-2-3-5-7(6)8(13)14-9(10,11)12;1-2/h2-5H,1H3;1-2H3. The van der Waals surface area contributed by atoms with Crippen molar-refractivity contribution in [3.63, 3.8) is 0 Å². The maximum atomic E-state index is 11.7. The van der Waals surface area contributed by atoms with Gasteiger partial charge in [0.15, 0.2) is 0 Å². The molecule has 16 heavy (non-hydrogen) atoms. The summed E-state index contributed by atoms with van der Waals surface area (Å²) >= 11 is 0. The van der Waals surface area contributed by atoms with Crippen LogP contribution in [-0.4, -0.2) is 12.3 Å². The minimum absolute atomic E-state index is 0.0789. The number of rotatable bonds is 1. The zero-order valence-corrected chi connectivity index (χ0v) is 9.26. The van der Waals surface area contributed by atoms with E-state index in [-0.39, 0.29) is 5.56 Å². The number of halogens is 3. The van der Waals surface area contributed by atoms with E-state index in [0.29, 0.717) is 5.56 Å². The highest BCUT2D eigenvalue weighted by molar-refractivity contribution is 5.91. The molecule has 90 valence electrons. The average molecular weight is 234 g/mol. The van der Waals surface area contributed by atoms with Crippen LogP contribution in [0.5, 0.6) is 0 Å². The Morgan fingerprint density at radius 2 is 1.69 bits per heavy atom. The molecule has 0 atom stereocenters. The number of aryl methyl sites for hydroxylation is 1. The van der Waals surface area contributed by atoms with E-state index < -0.39 is 12.3 Å². The minimum atomic E-state index is -4.93. The van der Waals surface area contributed by atoms with E-state index in [4.69, 9.17) is 0 Å². The van der Waals surface area contributed by atoms with Gasteiger partial charge < -0.3 is 4.74 Å². The van der Waals surface area contributed by atoms with Crippen LogP contribution < -0.4 is 0 Å². The number of benzene rings is 1. The Morgan fingerprint density at radius 1 is 1.19 bits per heavy atom. The monoisotopic (exact) mass is 234 g/mol. The van der Waals surface area contributed by atoms with Crippen LogP contribution in [0.25, 0.3) is 0 Å². The first-order valence-electron chi connectivity index (χ1n) is 4.76. The third kappa shape index (κ3) is 4.82. The number of hydrogen-bond acceptors (Lipinski definition) is 2. The lowest BCUT2D eigenvalue weighted by molar-refractivity contribution is -0.291. The van der Waals surface area contributed by atoms with E-state index in [9.17, 15) is 18.0 Å². The maximum absolute atomic E-state index is 11.7. The van der Waals surface area contributed by atoms with Gasteiger partial charge in [-0.25, -0.2) is 4.79 Å². The maximum Gasteiger partial charge on any atom is 0.575 e. The fourth-order valence-corrected chi connectivity index (χ4v) is 0.962. The first-order valence-corrected chi connectivity index (χ1v) is 4.76. The van der Waals surface area contributed by atoms with Crippen LogP contribution in [0.4, 0.5) is 13.2 Å². The molecular formula is C11H13F3O2. The van der Waals surface area contributed by atoms with Crippen molar-refractivity contribution in [3.05, 3.63) is 35.4 Å². The largest absolute Gasteiger partial charge is 0.575 e. The molecule has 0 saturated carbocycles. The van der Waals surface area contributed by atoms with Crippen molar-refractivity contribution in [1.29, 1.82) is 0 Å². The minimum Gasteiger partial charge on any atom is -0.369 e. The Morgan fingerprint density at radius 3 is 2.12 bits per heavy atom. The first-order chi connectivity index (χ1) is 7.40. The molecule has 0 unspecified atom stereocenters. The number of alkyl halides is 3. The van der Waals surface area contributed by atoms with Crippen LogP contribution in [0.1, 0.15) is 29.8 Å². The van der Waals surface area contributed by atoms with Gasteiger partial charge in [0.1, 0.15) is 0 Å². The molecule has 0 heterocycles. The first kappa shape index (κ1) is 14.5. The van der Waals surface area contributed by atoms with Crippen molar-refractivity contribution in [2.24, 2.45) is 0 Å². The third-order valence-corrected chi connectivity index (χ3v) is 1.57. The van der Waals surface area contributed by atoms with Crippen molar-refractivity contribution < 1.29 is 22.7 Å². The van der Waals surface area contributed by atoms with Gasteiger partial charge in [0.25, 0.3) is 0 Å². The highest BCUT2D eigenvalue weighted by Crippen LogP contribution is 2.19. The van der Waals surface area contributed by atoms with Gasteiger partial charge in [0.2, 0.25) is 0 Å². The Labute approximate surface area is 92.0 Å². The molecule has 0 amide bonds. The summed E-state index contributed by atoms with van der Waals surface area (Å²) in [4.78, 5) is 10.9. The quantitative estimate of drug-likeness (QED) is 0.692. The molecule has 0 aliphatic heterocycles. The number of carbonyl (C=O) groups excluding carboxylic acids is 1. The summed E-state index contributed by atoms with van der Waals surface area (Å²) in [7, 11) is 0. The zero-order chi connectivity index (χ0) is 12.8. The predicted octanol–water partition coefficient (Wildman–Crippen LogP) is 3.70. The number of esters is 1. The zero-order valence-electron chi connectivity index (χ0n) is 9.26. The molecule has 5 heteroatoms. The fraction of sp³-hybridized carbons (Fsp3) is 0.364. The predicted molar refractivity (Wildman–Crippen MR) is 54.0 cm³/mol. The summed E-state index contributed by atoms with van der Waals surface area (Å²) in [6, 6.07) is 5.91. The SMILES string of the molecule is CC.Cc1ccccc1C(=O)OC(F)(F)F. The van der Waals surface area contributed by atoms with E-state index in [0.717, 1.165) is 0 Å². The molecule has 0 aliphatic rings. The summed E-state index contributed by atoms with van der Waals surface area (Å²) in [6.07, 6.45) is -4.93. The Kier molecular flexibility index (Phi) is 5.56. The molecular weight excluding hydrogens is 221 g/mol. The second-order valence-electron chi connectivity index (χ2n) is 2.65. The smallest absolute Gasteiger partial charge is 0.369 e. The molecule has 0 radical (unpaired) electrons. The van der Waals surface area contributed by atoms with Gasteiger partial charge >= 0.3 is 12.3 Å². The van der Waals surface area contributed by atoms with Gasteiger partial charge in [0.05, 0.1) is 5.56 Å². The van der Waals surface area contributed by atoms with Crippen LogP contribution in [0.2, 0.25) is 0 Å². The topological polar surface area (TPSA) is 26.3 Å². The lowest BCUT2D eigenvalue weighted by atomic mass is 10.1. The van der Waals surface area contributed by atoms with Crippen molar-refractivity contribution in [3.8, 4) is 0 Å². The summed E-state index contributed by atoms with van der Waals surface area (Å²) < 4.78 is 38.3. The van der Waals surface area contributed by atoms with E-state index >= 15 is 0 Å². The number of ether oxygens (including phenoxy) is 1. The summed E-state index contributed by atoms with van der Waals surface area (Å²) in [5.74, 6) is -1.38. The molecule has 1 aromatic rings. The second-order valence-corrected chi connectivity index (χ2v) is 2.65. The molecule has 0 N–H and O–H groups in total. The van der Waals surface area contributed by atoms with E-state index in [1.807, 2.05) is 13.8 Å².